The molecule has 2 aromatic heterocycles. The van der Waals surface area contributed by atoms with E-state index >= 15 is 0 Å². The molecule has 0 amide bonds. The van der Waals surface area contributed by atoms with Crippen LogP contribution in [0.25, 0.3) is 27.9 Å². The Morgan fingerprint density at radius 2 is 1.81 bits per heavy atom. The molecule has 0 saturated carbocycles. The van der Waals surface area contributed by atoms with E-state index in [-0.39, 0.29) is 0 Å². The van der Waals surface area contributed by atoms with Gasteiger partial charge in [-0.3, -0.25) is 0 Å². The molecule has 2 heterocycles. The van der Waals surface area contributed by atoms with Crippen molar-refractivity contribution in [2.24, 2.45) is 0 Å². The Labute approximate surface area is 130 Å². The smallest absolute Gasteiger partial charge is 0.182 e. The Balaban J connectivity index is 2.06. The molecule has 0 aliphatic rings. The van der Waals surface area contributed by atoms with Gasteiger partial charge in [0, 0.05) is 16.0 Å². The van der Waals surface area contributed by atoms with Crippen LogP contribution < -0.4 is 0 Å². The van der Waals surface area contributed by atoms with E-state index in [9.17, 15) is 0 Å². The molecule has 0 saturated heterocycles. The molecule has 0 spiro atoms. The maximum atomic E-state index is 6.18. The maximum absolute atomic E-state index is 6.18. The quantitative estimate of drug-likeness (QED) is 0.527. The summed E-state index contributed by atoms with van der Waals surface area (Å²) in [5, 5.41) is 6.28. The van der Waals surface area contributed by atoms with Crippen LogP contribution in [0, 0.1) is 0 Å². The summed E-state index contributed by atoms with van der Waals surface area (Å²) in [6.45, 7) is 0. The van der Waals surface area contributed by atoms with Gasteiger partial charge in [-0.05, 0) is 12.1 Å². The van der Waals surface area contributed by atoms with Gasteiger partial charge in [0.2, 0.25) is 0 Å². The summed E-state index contributed by atoms with van der Waals surface area (Å²) in [5.74, 6) is 0.640. The molecule has 6 heteroatoms. The zero-order valence-corrected chi connectivity index (χ0v) is 12.2. The standard InChI is InChI=1S/C15H8Cl2N4/c16-10-6-11-13(12(17)7-10)18-8-21-15(11)19-14(20-21)9-4-2-1-3-5-9/h1-8H. The summed E-state index contributed by atoms with van der Waals surface area (Å²) >= 11 is 12.3. The lowest BCUT2D eigenvalue weighted by molar-refractivity contribution is 0.938. The number of hydrogen-bond donors (Lipinski definition) is 0. The predicted molar refractivity (Wildman–Crippen MR) is 83.7 cm³/mol. The molecule has 21 heavy (non-hydrogen) atoms. The third-order valence-corrected chi connectivity index (χ3v) is 3.73. The summed E-state index contributed by atoms with van der Waals surface area (Å²) in [5.41, 5.74) is 2.30. The van der Waals surface area contributed by atoms with Crippen LogP contribution in [0.4, 0.5) is 0 Å². The molecule has 0 aliphatic heterocycles. The highest BCUT2D eigenvalue weighted by molar-refractivity contribution is 6.38. The molecular weight excluding hydrogens is 307 g/mol. The second kappa shape index (κ2) is 4.69. The molecule has 0 bridgehead atoms. The molecule has 4 nitrogen and oxygen atoms in total. The summed E-state index contributed by atoms with van der Waals surface area (Å²) in [6.07, 6.45) is 1.61. The van der Waals surface area contributed by atoms with Crippen LogP contribution >= 0.6 is 23.2 Å². The number of aromatic nitrogens is 4. The first-order valence-electron chi connectivity index (χ1n) is 6.28. The van der Waals surface area contributed by atoms with Gasteiger partial charge in [0.15, 0.2) is 11.5 Å². The SMILES string of the molecule is Clc1cc(Cl)c2ncn3nc(-c4ccccc4)nc3c2c1. The van der Waals surface area contributed by atoms with Crippen LogP contribution in [0.15, 0.2) is 48.8 Å². The van der Waals surface area contributed by atoms with Gasteiger partial charge in [-0.1, -0.05) is 53.5 Å². The van der Waals surface area contributed by atoms with Crippen molar-refractivity contribution in [3.8, 4) is 11.4 Å². The third kappa shape index (κ3) is 2.04. The summed E-state index contributed by atoms with van der Waals surface area (Å²) in [6, 6.07) is 13.2. The van der Waals surface area contributed by atoms with Gasteiger partial charge in [-0.15, -0.1) is 5.10 Å². The van der Waals surface area contributed by atoms with Crippen LogP contribution in [0.1, 0.15) is 0 Å². The van der Waals surface area contributed by atoms with Gasteiger partial charge in [-0.25, -0.2) is 14.5 Å². The van der Waals surface area contributed by atoms with E-state index in [1.165, 1.54) is 0 Å². The lowest BCUT2D eigenvalue weighted by Gasteiger charge is -2.01. The van der Waals surface area contributed by atoms with Crippen LogP contribution in [-0.2, 0) is 0 Å². The van der Waals surface area contributed by atoms with Crippen LogP contribution in [-0.4, -0.2) is 19.6 Å². The minimum Gasteiger partial charge on any atom is -0.235 e. The average Bonchev–Trinajstić information content (AvgIpc) is 2.92. The fourth-order valence-electron chi connectivity index (χ4n) is 2.28. The van der Waals surface area contributed by atoms with Crippen LogP contribution in [0.5, 0.6) is 0 Å². The van der Waals surface area contributed by atoms with Crippen molar-refractivity contribution in [2.45, 2.75) is 0 Å². The van der Waals surface area contributed by atoms with Crippen molar-refractivity contribution >= 4 is 39.8 Å². The Morgan fingerprint density at radius 1 is 1.00 bits per heavy atom. The molecule has 4 rings (SSSR count). The fourth-order valence-corrected chi connectivity index (χ4v) is 2.82. The van der Waals surface area contributed by atoms with Crippen molar-refractivity contribution in [1.29, 1.82) is 0 Å². The van der Waals surface area contributed by atoms with Gasteiger partial charge in [-0.2, -0.15) is 0 Å². The van der Waals surface area contributed by atoms with Crippen LogP contribution in [0.2, 0.25) is 10.0 Å². The Kier molecular flexibility index (Phi) is 2.80. The lowest BCUT2D eigenvalue weighted by Crippen LogP contribution is -1.92. The van der Waals surface area contributed by atoms with Gasteiger partial charge in [0.1, 0.15) is 6.33 Å². The van der Waals surface area contributed by atoms with Crippen LogP contribution in [0.3, 0.4) is 0 Å². The van der Waals surface area contributed by atoms with E-state index in [0.29, 0.717) is 27.0 Å². The number of hydrogen-bond acceptors (Lipinski definition) is 3. The number of fused-ring (bicyclic) bond motifs is 3. The summed E-state index contributed by atoms with van der Waals surface area (Å²) in [4.78, 5) is 8.91. The first-order valence-corrected chi connectivity index (χ1v) is 7.03. The van der Waals surface area contributed by atoms with E-state index in [2.05, 4.69) is 15.1 Å². The highest BCUT2D eigenvalue weighted by Gasteiger charge is 2.12. The molecule has 0 radical (unpaired) electrons. The van der Waals surface area contributed by atoms with E-state index < -0.39 is 0 Å². The molecule has 2 aromatic carbocycles. The monoisotopic (exact) mass is 314 g/mol. The number of benzene rings is 2. The minimum absolute atomic E-state index is 0.504. The summed E-state index contributed by atoms with van der Waals surface area (Å²) in [7, 11) is 0. The van der Waals surface area contributed by atoms with Gasteiger partial charge in [0.25, 0.3) is 0 Å². The molecule has 102 valence electrons. The highest BCUT2D eigenvalue weighted by Crippen LogP contribution is 2.29. The molecule has 0 fully saturated rings. The van der Waals surface area contributed by atoms with Crippen molar-refractivity contribution < 1.29 is 0 Å². The molecule has 0 unspecified atom stereocenters. The Bertz CT molecular complexity index is 964. The fraction of sp³-hybridized carbons (Fsp3) is 0. The predicted octanol–water partition coefficient (Wildman–Crippen LogP) is 4.25. The zero-order chi connectivity index (χ0) is 14.4. The zero-order valence-electron chi connectivity index (χ0n) is 10.7. The second-order valence-electron chi connectivity index (χ2n) is 4.60. The Morgan fingerprint density at radius 3 is 2.62 bits per heavy atom. The number of halogens is 2. The second-order valence-corrected chi connectivity index (χ2v) is 5.44. The third-order valence-electron chi connectivity index (χ3n) is 3.23. The van der Waals surface area contributed by atoms with Gasteiger partial charge < -0.3 is 0 Å². The number of rotatable bonds is 1. The molecule has 0 atom stereocenters. The van der Waals surface area contributed by atoms with Crippen molar-refractivity contribution in [2.75, 3.05) is 0 Å². The van der Waals surface area contributed by atoms with Crippen molar-refractivity contribution in [1.82, 2.24) is 19.6 Å². The summed E-state index contributed by atoms with van der Waals surface area (Å²) < 4.78 is 1.64. The van der Waals surface area contributed by atoms with Crippen molar-refractivity contribution in [3.05, 3.63) is 58.8 Å². The van der Waals surface area contributed by atoms with E-state index in [0.717, 1.165) is 10.9 Å². The van der Waals surface area contributed by atoms with Gasteiger partial charge >= 0.3 is 0 Å². The average molecular weight is 315 g/mol. The largest absolute Gasteiger partial charge is 0.235 e. The number of nitrogens with zero attached hydrogens (tertiary/aromatic N) is 4. The Hall–Kier alpha value is -2.17. The first-order chi connectivity index (χ1) is 10.2. The normalized spacial score (nSPS) is 11.3. The first kappa shape index (κ1) is 12.6. The highest BCUT2D eigenvalue weighted by atomic mass is 35.5. The van der Waals surface area contributed by atoms with Crippen molar-refractivity contribution in [3.63, 3.8) is 0 Å². The minimum atomic E-state index is 0.504. The molecule has 0 N–H and O–H groups in total. The van der Waals surface area contributed by atoms with E-state index in [4.69, 9.17) is 23.2 Å². The van der Waals surface area contributed by atoms with E-state index in [1.54, 1.807) is 23.0 Å². The maximum Gasteiger partial charge on any atom is 0.182 e. The molecule has 4 aromatic rings. The topological polar surface area (TPSA) is 43.1 Å². The molecule has 0 aliphatic carbocycles. The van der Waals surface area contributed by atoms with E-state index in [1.807, 2.05) is 30.3 Å². The molecular formula is C15H8Cl2N4. The lowest BCUT2D eigenvalue weighted by atomic mass is 10.2. The van der Waals surface area contributed by atoms with Gasteiger partial charge in [0.05, 0.1) is 10.5 Å².